The summed E-state index contributed by atoms with van der Waals surface area (Å²) in [4.78, 5) is 0. The van der Waals surface area contributed by atoms with Gasteiger partial charge in [-0.1, -0.05) is 115 Å². The largest absolute Gasteiger partial charge is 0.309 e. The molecule has 0 aliphatic carbocycles. The molecule has 0 fully saturated rings. The van der Waals surface area contributed by atoms with Gasteiger partial charge in [-0.25, -0.2) is 0 Å². The van der Waals surface area contributed by atoms with Gasteiger partial charge in [0.15, 0.2) is 0 Å². The first kappa shape index (κ1) is 25.2. The van der Waals surface area contributed by atoms with Gasteiger partial charge >= 0.3 is 0 Å². The van der Waals surface area contributed by atoms with E-state index >= 15 is 0 Å². The average Bonchev–Trinajstić information content (AvgIpc) is 3.64. The Morgan fingerprint density at radius 1 is 0.261 bits per heavy atom. The van der Waals surface area contributed by atoms with Gasteiger partial charge in [0.05, 0.1) is 22.1 Å². The molecule has 0 saturated carbocycles. The van der Waals surface area contributed by atoms with Crippen molar-refractivity contribution in [1.29, 1.82) is 0 Å². The van der Waals surface area contributed by atoms with Crippen molar-refractivity contribution in [3.05, 3.63) is 170 Å². The zero-order chi connectivity index (χ0) is 30.2. The number of para-hydroxylation sites is 3. The number of rotatable bonds is 3. The Kier molecular flexibility index (Phi) is 5.31. The average molecular weight is 585 g/mol. The van der Waals surface area contributed by atoms with Crippen LogP contribution in [0.2, 0.25) is 0 Å². The number of hydrogen-bond acceptors (Lipinski definition) is 0. The van der Waals surface area contributed by atoms with E-state index in [1.807, 2.05) is 0 Å². The zero-order valence-electron chi connectivity index (χ0n) is 25.1. The second-order valence-electron chi connectivity index (χ2n) is 12.2. The minimum atomic E-state index is 1.17. The van der Waals surface area contributed by atoms with E-state index in [1.54, 1.807) is 0 Å². The van der Waals surface area contributed by atoms with Gasteiger partial charge < -0.3 is 9.13 Å². The Labute approximate surface area is 266 Å². The van der Waals surface area contributed by atoms with Crippen LogP contribution in [0.5, 0.6) is 0 Å². The number of aromatic nitrogens is 2. The molecule has 0 atom stereocenters. The smallest absolute Gasteiger partial charge is 0.0547 e. The molecule has 2 heterocycles. The Morgan fingerprint density at radius 3 is 1.63 bits per heavy atom. The molecule has 46 heavy (non-hydrogen) atoms. The van der Waals surface area contributed by atoms with Crippen LogP contribution < -0.4 is 0 Å². The molecule has 2 heteroatoms. The summed E-state index contributed by atoms with van der Waals surface area (Å²) in [5, 5.41) is 10.2. The van der Waals surface area contributed by atoms with Crippen LogP contribution in [-0.4, -0.2) is 9.13 Å². The predicted molar refractivity (Wildman–Crippen MR) is 196 cm³/mol. The first-order valence-corrected chi connectivity index (χ1v) is 15.9. The van der Waals surface area contributed by atoms with E-state index in [-0.39, 0.29) is 0 Å². The highest BCUT2D eigenvalue weighted by Crippen LogP contribution is 2.38. The summed E-state index contributed by atoms with van der Waals surface area (Å²) in [6.45, 7) is 0. The second-order valence-corrected chi connectivity index (χ2v) is 12.2. The SMILES string of the molecule is c1ccc(-n2c3ccccc3c3ccc(-c4ccc5c(c4)c4ccccc4n5-c4ccc5c(ccc6ccccc65)c4)cc32)cc1. The van der Waals surface area contributed by atoms with Crippen molar-refractivity contribution in [2.75, 3.05) is 0 Å². The fourth-order valence-corrected chi connectivity index (χ4v) is 7.58. The highest BCUT2D eigenvalue weighted by molar-refractivity contribution is 6.13. The van der Waals surface area contributed by atoms with Gasteiger partial charge in [-0.2, -0.15) is 0 Å². The quantitative estimate of drug-likeness (QED) is 0.183. The molecule has 0 radical (unpaired) electrons. The maximum Gasteiger partial charge on any atom is 0.0547 e. The van der Waals surface area contributed by atoms with Gasteiger partial charge in [0.2, 0.25) is 0 Å². The van der Waals surface area contributed by atoms with E-state index in [4.69, 9.17) is 0 Å². The number of fused-ring (bicyclic) bond motifs is 9. The molecular weight excluding hydrogens is 556 g/mol. The minimum absolute atomic E-state index is 1.17. The maximum absolute atomic E-state index is 2.42. The second kappa shape index (κ2) is 9.69. The summed E-state index contributed by atoms with van der Waals surface area (Å²) in [5.41, 5.74) is 9.65. The molecule has 0 saturated heterocycles. The molecule has 0 aliphatic rings. The molecule has 0 N–H and O–H groups in total. The van der Waals surface area contributed by atoms with Gasteiger partial charge in [0.25, 0.3) is 0 Å². The van der Waals surface area contributed by atoms with Gasteiger partial charge in [-0.15, -0.1) is 0 Å². The van der Waals surface area contributed by atoms with E-state index in [0.29, 0.717) is 0 Å². The first-order chi connectivity index (χ1) is 22.8. The highest BCUT2D eigenvalue weighted by atomic mass is 15.0. The zero-order valence-corrected chi connectivity index (χ0v) is 25.1. The molecule has 2 nitrogen and oxygen atoms in total. The number of benzene rings is 8. The van der Waals surface area contributed by atoms with Crippen LogP contribution in [0, 0.1) is 0 Å². The molecule has 214 valence electrons. The first-order valence-electron chi connectivity index (χ1n) is 15.9. The molecule has 10 rings (SSSR count). The lowest BCUT2D eigenvalue weighted by molar-refractivity contribution is 1.18. The lowest BCUT2D eigenvalue weighted by Gasteiger charge is -2.11. The van der Waals surface area contributed by atoms with E-state index in [1.165, 1.54) is 87.7 Å². The Balaban J connectivity index is 1.18. The van der Waals surface area contributed by atoms with Crippen LogP contribution in [0.15, 0.2) is 170 Å². The van der Waals surface area contributed by atoms with Crippen LogP contribution in [0.1, 0.15) is 0 Å². The van der Waals surface area contributed by atoms with Crippen molar-refractivity contribution >= 4 is 65.2 Å². The molecule has 0 bridgehead atoms. The molecule has 0 unspecified atom stereocenters. The van der Waals surface area contributed by atoms with Crippen molar-refractivity contribution in [3.63, 3.8) is 0 Å². The molecule has 0 amide bonds. The fourth-order valence-electron chi connectivity index (χ4n) is 7.58. The number of hydrogen-bond donors (Lipinski definition) is 0. The summed E-state index contributed by atoms with van der Waals surface area (Å²) in [6.07, 6.45) is 0. The summed E-state index contributed by atoms with van der Waals surface area (Å²) < 4.78 is 4.81. The molecule has 0 spiro atoms. The van der Waals surface area contributed by atoms with Crippen molar-refractivity contribution in [1.82, 2.24) is 9.13 Å². The Bertz CT molecular complexity index is 2800. The fraction of sp³-hybridized carbons (Fsp3) is 0. The molecule has 2 aromatic heterocycles. The van der Waals surface area contributed by atoms with Crippen molar-refractivity contribution < 1.29 is 0 Å². The summed E-state index contributed by atoms with van der Waals surface area (Å²) in [5.74, 6) is 0. The maximum atomic E-state index is 2.42. The lowest BCUT2D eigenvalue weighted by atomic mass is 10.0. The van der Waals surface area contributed by atoms with Crippen LogP contribution >= 0.6 is 0 Å². The van der Waals surface area contributed by atoms with Crippen LogP contribution in [0.3, 0.4) is 0 Å². The van der Waals surface area contributed by atoms with Crippen molar-refractivity contribution in [2.45, 2.75) is 0 Å². The van der Waals surface area contributed by atoms with Crippen LogP contribution in [-0.2, 0) is 0 Å². The van der Waals surface area contributed by atoms with E-state index in [0.717, 1.165) is 0 Å². The minimum Gasteiger partial charge on any atom is -0.309 e. The van der Waals surface area contributed by atoms with Crippen molar-refractivity contribution in [2.24, 2.45) is 0 Å². The van der Waals surface area contributed by atoms with Gasteiger partial charge in [-0.05, 0) is 87.3 Å². The third-order valence-corrected chi connectivity index (χ3v) is 9.68. The standard InChI is InChI=1S/C44H28N2/c1-2-11-33(12-3-1)45-41-16-8-6-14-37(41)39-23-20-31(28-44(39)45)30-21-25-43-40(27-30)38-15-7-9-17-42(38)46(43)34-22-24-36-32(26-34)19-18-29-10-4-5-13-35(29)36/h1-28H. The predicted octanol–water partition coefficient (Wildman–Crippen LogP) is 11.9. The van der Waals surface area contributed by atoms with E-state index in [9.17, 15) is 0 Å². The van der Waals surface area contributed by atoms with Gasteiger partial charge in [0.1, 0.15) is 0 Å². The molecule has 8 aromatic carbocycles. The number of nitrogens with zero attached hydrogens (tertiary/aromatic N) is 2. The molecule has 10 aromatic rings. The van der Waals surface area contributed by atoms with Gasteiger partial charge in [-0.3, -0.25) is 0 Å². The third-order valence-electron chi connectivity index (χ3n) is 9.68. The van der Waals surface area contributed by atoms with Crippen LogP contribution in [0.25, 0.3) is 87.7 Å². The normalized spacial score (nSPS) is 11.9. The van der Waals surface area contributed by atoms with E-state index in [2.05, 4.69) is 179 Å². The van der Waals surface area contributed by atoms with Gasteiger partial charge in [0, 0.05) is 32.9 Å². The molecule has 0 aliphatic heterocycles. The van der Waals surface area contributed by atoms with Crippen LogP contribution in [0.4, 0.5) is 0 Å². The monoisotopic (exact) mass is 584 g/mol. The Morgan fingerprint density at radius 2 is 0.804 bits per heavy atom. The third kappa shape index (κ3) is 3.65. The Hall–Kier alpha value is -6.12. The summed E-state index contributed by atoms with van der Waals surface area (Å²) >= 11 is 0. The highest BCUT2D eigenvalue weighted by Gasteiger charge is 2.16. The molecular formula is C44H28N2. The van der Waals surface area contributed by atoms with E-state index < -0.39 is 0 Å². The summed E-state index contributed by atoms with van der Waals surface area (Å²) in [6, 6.07) is 62.0. The topological polar surface area (TPSA) is 9.86 Å². The van der Waals surface area contributed by atoms with Crippen molar-refractivity contribution in [3.8, 4) is 22.5 Å². The summed E-state index contributed by atoms with van der Waals surface area (Å²) in [7, 11) is 0. The lowest BCUT2D eigenvalue weighted by Crippen LogP contribution is -1.94.